The summed E-state index contributed by atoms with van der Waals surface area (Å²) in [5.74, 6) is -1.58. The molecule has 0 spiro atoms. The molecule has 6 heteroatoms. The SMILES string of the molecule is CN1C(=O)N([O-])C(=O)C(C)(C2=CCCCC2)C1=O. The third-order valence-electron chi connectivity index (χ3n) is 3.74. The second-order valence-electron chi connectivity index (χ2n) is 4.85. The van der Waals surface area contributed by atoms with Gasteiger partial charge in [-0.3, -0.25) is 14.5 Å². The summed E-state index contributed by atoms with van der Waals surface area (Å²) in [5.41, 5.74) is -0.853. The molecule has 1 unspecified atom stereocenters. The first-order valence-corrected chi connectivity index (χ1v) is 5.94. The first kappa shape index (κ1) is 12.8. The molecule has 0 aromatic carbocycles. The van der Waals surface area contributed by atoms with Crippen LogP contribution in [0.2, 0.25) is 0 Å². The Hall–Kier alpha value is -1.69. The summed E-state index contributed by atoms with van der Waals surface area (Å²) >= 11 is 0. The van der Waals surface area contributed by atoms with E-state index in [1.807, 2.05) is 6.08 Å². The molecule has 2 rings (SSSR count). The quantitative estimate of drug-likeness (QED) is 0.521. The number of hydrogen-bond acceptors (Lipinski definition) is 4. The fourth-order valence-corrected chi connectivity index (χ4v) is 2.51. The third-order valence-corrected chi connectivity index (χ3v) is 3.74. The van der Waals surface area contributed by atoms with Crippen molar-refractivity contribution in [2.75, 3.05) is 7.05 Å². The monoisotopic (exact) mass is 251 g/mol. The lowest BCUT2D eigenvalue weighted by molar-refractivity contribution is -0.152. The highest BCUT2D eigenvalue weighted by Crippen LogP contribution is 2.39. The molecule has 1 fully saturated rings. The number of hydroxylamine groups is 2. The Balaban J connectivity index is 2.46. The van der Waals surface area contributed by atoms with Gasteiger partial charge in [-0.25, -0.2) is 4.79 Å². The Labute approximate surface area is 105 Å². The molecule has 1 aliphatic carbocycles. The van der Waals surface area contributed by atoms with Crippen LogP contribution in [0.25, 0.3) is 0 Å². The first-order chi connectivity index (χ1) is 8.40. The van der Waals surface area contributed by atoms with E-state index in [1.54, 1.807) is 0 Å². The summed E-state index contributed by atoms with van der Waals surface area (Å²) in [7, 11) is 1.23. The van der Waals surface area contributed by atoms with Gasteiger partial charge in [0.1, 0.15) is 5.41 Å². The van der Waals surface area contributed by atoms with E-state index in [-0.39, 0.29) is 5.06 Å². The largest absolute Gasteiger partial charge is 0.748 e. The van der Waals surface area contributed by atoms with Crippen LogP contribution >= 0.6 is 0 Å². The second kappa shape index (κ2) is 4.20. The fraction of sp³-hybridized carbons (Fsp3) is 0.583. The summed E-state index contributed by atoms with van der Waals surface area (Å²) in [6.45, 7) is 1.43. The van der Waals surface area contributed by atoms with Crippen LogP contribution in [0.4, 0.5) is 4.79 Å². The molecule has 6 nitrogen and oxygen atoms in total. The first-order valence-electron chi connectivity index (χ1n) is 5.94. The maximum absolute atomic E-state index is 12.2. The third kappa shape index (κ3) is 1.56. The van der Waals surface area contributed by atoms with Gasteiger partial charge in [-0.1, -0.05) is 6.08 Å². The van der Waals surface area contributed by atoms with Crippen LogP contribution in [0.15, 0.2) is 11.6 Å². The number of amides is 4. The Bertz CT molecular complexity index is 431. The van der Waals surface area contributed by atoms with Crippen molar-refractivity contribution in [3.63, 3.8) is 0 Å². The summed E-state index contributed by atoms with van der Waals surface area (Å²) in [6.07, 6.45) is 5.15. The number of carbonyl (C=O) groups excluding carboxylic acids is 3. The van der Waals surface area contributed by atoms with E-state index in [0.29, 0.717) is 12.0 Å². The molecule has 0 N–H and O–H groups in total. The van der Waals surface area contributed by atoms with Crippen molar-refractivity contribution in [1.29, 1.82) is 0 Å². The Morgan fingerprint density at radius 2 is 1.89 bits per heavy atom. The number of nitrogens with zero attached hydrogens (tertiary/aromatic N) is 2. The minimum atomic E-state index is -1.51. The van der Waals surface area contributed by atoms with Crippen molar-refractivity contribution >= 4 is 17.8 Å². The van der Waals surface area contributed by atoms with E-state index in [0.717, 1.165) is 24.2 Å². The number of carbonyl (C=O) groups is 3. The van der Waals surface area contributed by atoms with E-state index in [9.17, 15) is 19.6 Å². The number of allylic oxidation sites excluding steroid dienone is 1. The molecule has 1 atom stereocenters. The van der Waals surface area contributed by atoms with Crippen LogP contribution in [0, 0.1) is 10.6 Å². The van der Waals surface area contributed by atoms with Gasteiger partial charge < -0.3 is 10.3 Å². The molecule has 2 aliphatic rings. The molecule has 0 saturated carbocycles. The summed E-state index contributed by atoms with van der Waals surface area (Å²) in [4.78, 5) is 36.3. The lowest BCUT2D eigenvalue weighted by Gasteiger charge is -2.45. The van der Waals surface area contributed by atoms with Crippen molar-refractivity contribution in [2.45, 2.75) is 32.6 Å². The number of imide groups is 2. The molecule has 0 aromatic rings. The summed E-state index contributed by atoms with van der Waals surface area (Å²) in [5, 5.41) is 11.3. The van der Waals surface area contributed by atoms with E-state index in [1.165, 1.54) is 14.0 Å². The van der Waals surface area contributed by atoms with Gasteiger partial charge in [0, 0.05) is 7.05 Å². The maximum atomic E-state index is 12.2. The van der Waals surface area contributed by atoms with Crippen LogP contribution in [0.1, 0.15) is 32.6 Å². The zero-order valence-electron chi connectivity index (χ0n) is 10.4. The van der Waals surface area contributed by atoms with Crippen molar-refractivity contribution in [3.8, 4) is 0 Å². The molecular formula is C12H15N2O4-. The van der Waals surface area contributed by atoms with Gasteiger partial charge >= 0.3 is 6.03 Å². The predicted molar refractivity (Wildman–Crippen MR) is 63.0 cm³/mol. The zero-order chi connectivity index (χ0) is 13.5. The van der Waals surface area contributed by atoms with Crippen LogP contribution < -0.4 is 0 Å². The minimum Gasteiger partial charge on any atom is -0.748 e. The van der Waals surface area contributed by atoms with E-state index < -0.39 is 23.3 Å². The zero-order valence-corrected chi connectivity index (χ0v) is 10.4. The minimum absolute atomic E-state index is 0.211. The van der Waals surface area contributed by atoms with Gasteiger partial charge in [0.15, 0.2) is 0 Å². The Morgan fingerprint density at radius 1 is 1.22 bits per heavy atom. The van der Waals surface area contributed by atoms with Crippen LogP contribution in [0.5, 0.6) is 0 Å². The van der Waals surface area contributed by atoms with E-state index in [2.05, 4.69) is 0 Å². The molecule has 0 aromatic heterocycles. The van der Waals surface area contributed by atoms with Gasteiger partial charge in [0.25, 0.3) is 0 Å². The lowest BCUT2D eigenvalue weighted by Crippen LogP contribution is -2.62. The highest BCUT2D eigenvalue weighted by atomic mass is 16.5. The van der Waals surface area contributed by atoms with Gasteiger partial charge in [-0.15, -0.1) is 0 Å². The van der Waals surface area contributed by atoms with Crippen molar-refractivity contribution in [3.05, 3.63) is 16.9 Å². The molecule has 18 heavy (non-hydrogen) atoms. The molecule has 0 radical (unpaired) electrons. The molecule has 1 aliphatic heterocycles. The average Bonchev–Trinajstić information content (AvgIpc) is 2.42. The normalized spacial score (nSPS) is 29.7. The van der Waals surface area contributed by atoms with Crippen LogP contribution in [0.3, 0.4) is 0 Å². The second-order valence-corrected chi connectivity index (χ2v) is 4.85. The molecule has 4 amide bonds. The Kier molecular flexibility index (Phi) is 2.98. The standard InChI is InChI=1S/C12H15N2O4/c1-12(8-6-4-3-5-7-8)9(15)13(2)11(17)14(18)10(12)16/h6H,3-5,7H2,1-2H3/q-1. The highest BCUT2D eigenvalue weighted by molar-refractivity contribution is 6.20. The van der Waals surface area contributed by atoms with Gasteiger partial charge in [0.05, 0.1) is 0 Å². The van der Waals surface area contributed by atoms with Gasteiger partial charge in [-0.05, 0) is 38.2 Å². The molecule has 98 valence electrons. The number of urea groups is 1. The smallest absolute Gasteiger partial charge is 0.322 e. The van der Waals surface area contributed by atoms with Crippen LogP contribution in [-0.4, -0.2) is 34.9 Å². The van der Waals surface area contributed by atoms with Crippen molar-refractivity contribution in [2.24, 2.45) is 5.41 Å². The topological polar surface area (TPSA) is 80.8 Å². The number of hydrogen-bond donors (Lipinski definition) is 0. The average molecular weight is 251 g/mol. The Morgan fingerprint density at radius 3 is 2.44 bits per heavy atom. The highest BCUT2D eigenvalue weighted by Gasteiger charge is 2.52. The number of rotatable bonds is 1. The van der Waals surface area contributed by atoms with E-state index in [4.69, 9.17) is 0 Å². The molecule has 1 heterocycles. The van der Waals surface area contributed by atoms with Crippen molar-refractivity contribution in [1.82, 2.24) is 9.96 Å². The van der Waals surface area contributed by atoms with Crippen LogP contribution in [-0.2, 0) is 9.59 Å². The van der Waals surface area contributed by atoms with Gasteiger partial charge in [0.2, 0.25) is 11.8 Å². The molecule has 1 saturated heterocycles. The predicted octanol–water partition coefficient (Wildman–Crippen LogP) is 1.41. The lowest BCUT2D eigenvalue weighted by atomic mass is 9.74. The van der Waals surface area contributed by atoms with Crippen molar-refractivity contribution < 1.29 is 14.4 Å². The summed E-state index contributed by atoms with van der Waals surface area (Å²) < 4.78 is 0. The summed E-state index contributed by atoms with van der Waals surface area (Å²) in [6, 6.07) is -1.11. The molecule has 0 bridgehead atoms. The molecular weight excluding hydrogens is 236 g/mol. The fourth-order valence-electron chi connectivity index (χ4n) is 2.51. The van der Waals surface area contributed by atoms with E-state index >= 15 is 0 Å². The number of barbiturate groups is 1. The maximum Gasteiger partial charge on any atom is 0.322 e. The van der Waals surface area contributed by atoms with Gasteiger partial charge in [-0.2, -0.15) is 0 Å².